The predicted molar refractivity (Wildman–Crippen MR) is 111 cm³/mol. The normalized spacial score (nSPS) is 16.3. The molecule has 3 aromatic heterocycles. The van der Waals surface area contributed by atoms with Gasteiger partial charge in [0.25, 0.3) is 0 Å². The number of para-hydroxylation sites is 1. The Kier molecular flexibility index (Phi) is 4.38. The summed E-state index contributed by atoms with van der Waals surface area (Å²) in [6, 6.07) is 11.6. The van der Waals surface area contributed by atoms with Crippen molar-refractivity contribution in [3.63, 3.8) is 0 Å². The van der Waals surface area contributed by atoms with Gasteiger partial charge in [0.05, 0.1) is 30.3 Å². The smallest absolute Gasteiger partial charge is 0.185 e. The number of ether oxygens (including phenoxy) is 1. The summed E-state index contributed by atoms with van der Waals surface area (Å²) in [5.74, 6) is 1.64. The van der Waals surface area contributed by atoms with Gasteiger partial charge in [-0.15, -0.1) is 10.2 Å². The third-order valence-electron chi connectivity index (χ3n) is 5.67. The Hall–Kier alpha value is -3.48. The van der Waals surface area contributed by atoms with Crippen LogP contribution < -0.4 is 4.74 Å². The quantitative estimate of drug-likeness (QED) is 0.502. The molecular weight excluding hydrogens is 380 g/mol. The standard InChI is InChI=1S/C23H22N4O3/c1-13(2)21-20(15-7-4-5-8-19(15)29-3)23-25-24-22-16(27(23)26-21)11-14(12-17(22)28)18-9-6-10-30-18/h4-10,13-14H,11-12H2,1-3H3/t14-/m1/s1. The molecule has 4 aromatic rings. The summed E-state index contributed by atoms with van der Waals surface area (Å²) in [5, 5.41) is 13.7. The Labute approximate surface area is 173 Å². The van der Waals surface area contributed by atoms with Crippen molar-refractivity contribution in [2.75, 3.05) is 7.11 Å². The third kappa shape index (κ3) is 2.81. The van der Waals surface area contributed by atoms with Crippen LogP contribution >= 0.6 is 0 Å². The van der Waals surface area contributed by atoms with Crippen molar-refractivity contribution < 1.29 is 13.9 Å². The van der Waals surface area contributed by atoms with Crippen molar-refractivity contribution in [3.8, 4) is 16.9 Å². The van der Waals surface area contributed by atoms with E-state index in [0.717, 1.165) is 34.0 Å². The maximum Gasteiger partial charge on any atom is 0.185 e. The van der Waals surface area contributed by atoms with Gasteiger partial charge in [0.15, 0.2) is 17.1 Å². The van der Waals surface area contributed by atoms with E-state index in [0.29, 0.717) is 24.2 Å². The second-order valence-corrected chi connectivity index (χ2v) is 7.89. The van der Waals surface area contributed by atoms with Crippen molar-refractivity contribution in [2.24, 2.45) is 0 Å². The molecule has 5 rings (SSSR count). The molecule has 1 aliphatic carbocycles. The minimum Gasteiger partial charge on any atom is -0.496 e. The number of methoxy groups -OCH3 is 1. The average molecular weight is 402 g/mol. The molecule has 1 aliphatic rings. The van der Waals surface area contributed by atoms with Crippen molar-refractivity contribution in [2.45, 2.75) is 38.5 Å². The van der Waals surface area contributed by atoms with E-state index in [9.17, 15) is 4.79 Å². The van der Waals surface area contributed by atoms with Crippen LogP contribution in [-0.4, -0.2) is 32.7 Å². The van der Waals surface area contributed by atoms with E-state index in [1.807, 2.05) is 36.4 Å². The fraction of sp³-hybridized carbons (Fsp3) is 0.304. The van der Waals surface area contributed by atoms with Crippen molar-refractivity contribution in [1.82, 2.24) is 19.8 Å². The highest BCUT2D eigenvalue weighted by Crippen LogP contribution is 2.39. The highest BCUT2D eigenvalue weighted by Gasteiger charge is 2.33. The Morgan fingerprint density at radius 1 is 1.13 bits per heavy atom. The monoisotopic (exact) mass is 402 g/mol. The molecule has 0 fully saturated rings. The zero-order chi connectivity index (χ0) is 20.8. The first-order valence-electron chi connectivity index (χ1n) is 10.1. The number of nitrogens with zero attached hydrogens (tertiary/aromatic N) is 4. The molecule has 1 atom stereocenters. The molecule has 3 heterocycles. The molecule has 0 unspecified atom stereocenters. The molecule has 0 saturated carbocycles. The van der Waals surface area contributed by atoms with Gasteiger partial charge in [-0.3, -0.25) is 4.79 Å². The van der Waals surface area contributed by atoms with E-state index in [2.05, 4.69) is 24.0 Å². The fourth-order valence-electron chi connectivity index (χ4n) is 4.23. The molecule has 0 amide bonds. The zero-order valence-electron chi connectivity index (χ0n) is 17.1. The number of furan rings is 1. The number of ketones is 1. The summed E-state index contributed by atoms with van der Waals surface area (Å²) in [4.78, 5) is 12.8. The SMILES string of the molecule is COc1ccccc1-c1c(C(C)C)nn2c3c(nnc12)C(=O)C[C@H](c1ccco1)C3. The van der Waals surface area contributed by atoms with Gasteiger partial charge in [-0.2, -0.15) is 5.10 Å². The van der Waals surface area contributed by atoms with Gasteiger partial charge in [-0.1, -0.05) is 32.0 Å². The van der Waals surface area contributed by atoms with Crippen LogP contribution in [0.3, 0.4) is 0 Å². The van der Waals surface area contributed by atoms with Gasteiger partial charge in [-0.05, 0) is 24.1 Å². The Morgan fingerprint density at radius 3 is 2.70 bits per heavy atom. The minimum absolute atomic E-state index is 0.0335. The molecule has 0 bridgehead atoms. The molecule has 1 aromatic carbocycles. The van der Waals surface area contributed by atoms with E-state index in [1.54, 1.807) is 17.9 Å². The molecule has 0 radical (unpaired) electrons. The lowest BCUT2D eigenvalue weighted by Gasteiger charge is -2.21. The first kappa shape index (κ1) is 18.5. The van der Waals surface area contributed by atoms with Gasteiger partial charge in [-0.25, -0.2) is 4.52 Å². The number of aromatic nitrogens is 4. The lowest BCUT2D eigenvalue weighted by molar-refractivity contribution is 0.0951. The molecule has 0 saturated heterocycles. The molecule has 0 spiro atoms. The largest absolute Gasteiger partial charge is 0.496 e. The second-order valence-electron chi connectivity index (χ2n) is 7.89. The number of benzene rings is 1. The zero-order valence-corrected chi connectivity index (χ0v) is 17.1. The molecule has 7 nitrogen and oxygen atoms in total. The number of carbonyl (C=O) groups is 1. The summed E-state index contributed by atoms with van der Waals surface area (Å²) >= 11 is 0. The molecule has 0 N–H and O–H groups in total. The molecule has 7 heteroatoms. The Morgan fingerprint density at radius 2 is 1.97 bits per heavy atom. The Bertz CT molecular complexity index is 1240. The topological polar surface area (TPSA) is 82.5 Å². The number of fused-ring (bicyclic) bond motifs is 3. The maximum absolute atomic E-state index is 12.8. The summed E-state index contributed by atoms with van der Waals surface area (Å²) in [6.45, 7) is 4.19. The summed E-state index contributed by atoms with van der Waals surface area (Å²) in [6.07, 6.45) is 2.61. The number of carbonyl (C=O) groups excluding carboxylic acids is 1. The van der Waals surface area contributed by atoms with Crippen LogP contribution in [0.5, 0.6) is 5.75 Å². The predicted octanol–water partition coefficient (Wildman–Crippen LogP) is 4.43. The highest BCUT2D eigenvalue weighted by molar-refractivity contribution is 5.97. The van der Waals surface area contributed by atoms with Gasteiger partial charge in [0, 0.05) is 24.3 Å². The van der Waals surface area contributed by atoms with Gasteiger partial charge >= 0.3 is 0 Å². The highest BCUT2D eigenvalue weighted by atomic mass is 16.5. The van der Waals surface area contributed by atoms with Gasteiger partial charge in [0.2, 0.25) is 0 Å². The number of rotatable bonds is 4. The van der Waals surface area contributed by atoms with E-state index in [1.165, 1.54) is 0 Å². The van der Waals surface area contributed by atoms with Crippen molar-refractivity contribution in [3.05, 3.63) is 65.5 Å². The van der Waals surface area contributed by atoms with Crippen molar-refractivity contribution >= 4 is 11.4 Å². The number of hydrogen-bond acceptors (Lipinski definition) is 6. The first-order valence-corrected chi connectivity index (χ1v) is 10.1. The minimum atomic E-state index is -0.0347. The second kappa shape index (κ2) is 7.09. The number of Topliss-reactive ketones (excluding diaryl/α,β-unsaturated/α-hetero) is 1. The molecule has 30 heavy (non-hydrogen) atoms. The molecule has 152 valence electrons. The lowest BCUT2D eigenvalue weighted by Crippen LogP contribution is -2.24. The summed E-state index contributed by atoms with van der Waals surface area (Å²) in [5.41, 5.74) is 4.52. The van der Waals surface area contributed by atoms with E-state index < -0.39 is 0 Å². The van der Waals surface area contributed by atoms with Crippen LogP contribution in [-0.2, 0) is 6.42 Å². The van der Waals surface area contributed by atoms with Crippen LogP contribution in [0.15, 0.2) is 47.1 Å². The van der Waals surface area contributed by atoms with E-state index in [-0.39, 0.29) is 17.6 Å². The lowest BCUT2D eigenvalue weighted by atomic mass is 9.87. The van der Waals surface area contributed by atoms with Crippen LogP contribution in [0.25, 0.3) is 16.8 Å². The Balaban J connectivity index is 1.75. The van der Waals surface area contributed by atoms with Crippen LogP contribution in [0.4, 0.5) is 0 Å². The van der Waals surface area contributed by atoms with Crippen molar-refractivity contribution in [1.29, 1.82) is 0 Å². The van der Waals surface area contributed by atoms with Crippen LogP contribution in [0, 0.1) is 0 Å². The fourth-order valence-corrected chi connectivity index (χ4v) is 4.23. The van der Waals surface area contributed by atoms with E-state index >= 15 is 0 Å². The summed E-state index contributed by atoms with van der Waals surface area (Å²) < 4.78 is 13.0. The van der Waals surface area contributed by atoms with Crippen LogP contribution in [0.2, 0.25) is 0 Å². The van der Waals surface area contributed by atoms with Gasteiger partial charge in [0.1, 0.15) is 11.5 Å². The first-order chi connectivity index (χ1) is 14.6. The van der Waals surface area contributed by atoms with E-state index in [4.69, 9.17) is 14.3 Å². The summed E-state index contributed by atoms with van der Waals surface area (Å²) in [7, 11) is 1.65. The maximum atomic E-state index is 12.8. The average Bonchev–Trinajstić information content (AvgIpc) is 3.41. The number of hydrogen-bond donors (Lipinski definition) is 0. The molecule has 0 aliphatic heterocycles. The van der Waals surface area contributed by atoms with Crippen LogP contribution in [0.1, 0.15) is 59.7 Å². The van der Waals surface area contributed by atoms with Gasteiger partial charge < -0.3 is 9.15 Å². The third-order valence-corrected chi connectivity index (χ3v) is 5.67. The molecular formula is C23H22N4O3.